The molecule has 0 amide bonds. The lowest BCUT2D eigenvalue weighted by Crippen LogP contribution is -2.19. The van der Waals surface area contributed by atoms with Gasteiger partial charge in [-0.25, -0.2) is 9.67 Å². The Kier molecular flexibility index (Phi) is 2.76. The van der Waals surface area contributed by atoms with Gasteiger partial charge in [0.05, 0.1) is 17.4 Å². The fraction of sp³-hybridized carbons (Fsp3) is 0.385. The summed E-state index contributed by atoms with van der Waals surface area (Å²) >= 11 is 0. The van der Waals surface area contributed by atoms with E-state index in [0.717, 1.165) is 42.5 Å². The lowest BCUT2D eigenvalue weighted by molar-refractivity contribution is -0.0367. The molecule has 1 saturated heterocycles. The summed E-state index contributed by atoms with van der Waals surface area (Å²) in [7, 11) is 0. The largest absolute Gasteiger partial charge is 0.384 e. The zero-order valence-electron chi connectivity index (χ0n) is 10.2. The molecule has 0 bridgehead atoms. The summed E-state index contributed by atoms with van der Waals surface area (Å²) in [6.07, 6.45) is 6.76. The number of nitrogen functional groups attached to an aromatic ring is 1. The summed E-state index contributed by atoms with van der Waals surface area (Å²) in [5.74, 6) is 0.495. The van der Waals surface area contributed by atoms with Crippen molar-refractivity contribution in [2.45, 2.75) is 25.5 Å². The molecule has 3 heterocycles. The molecule has 2 N–H and O–H groups in total. The Bertz CT molecular complexity index is 584. The van der Waals surface area contributed by atoms with E-state index in [-0.39, 0.29) is 6.23 Å². The molecule has 94 valence electrons. The molecule has 2 aromatic heterocycles. The number of rotatable bonds is 2. The first-order chi connectivity index (χ1) is 8.79. The van der Waals surface area contributed by atoms with Crippen molar-refractivity contribution in [1.29, 1.82) is 0 Å². The van der Waals surface area contributed by atoms with Crippen LogP contribution < -0.4 is 5.73 Å². The number of ether oxygens (including phenoxy) is 1. The maximum Gasteiger partial charge on any atom is 0.150 e. The van der Waals surface area contributed by atoms with Crippen LogP contribution in [0.15, 0.2) is 18.8 Å². The molecule has 1 aliphatic rings. The summed E-state index contributed by atoms with van der Waals surface area (Å²) in [5, 5.41) is 5.53. The molecule has 5 heteroatoms. The molecular formula is C13H16N4O. The van der Waals surface area contributed by atoms with Crippen molar-refractivity contribution < 1.29 is 4.74 Å². The Morgan fingerprint density at radius 2 is 2.39 bits per heavy atom. The van der Waals surface area contributed by atoms with Gasteiger partial charge >= 0.3 is 0 Å². The topological polar surface area (TPSA) is 66.0 Å². The van der Waals surface area contributed by atoms with Crippen LogP contribution in [0.2, 0.25) is 0 Å². The van der Waals surface area contributed by atoms with Crippen molar-refractivity contribution >= 4 is 22.8 Å². The minimum Gasteiger partial charge on any atom is -0.384 e. The van der Waals surface area contributed by atoms with Gasteiger partial charge in [-0.1, -0.05) is 6.58 Å². The highest BCUT2D eigenvalue weighted by atomic mass is 16.5. The van der Waals surface area contributed by atoms with Crippen LogP contribution >= 0.6 is 0 Å². The fourth-order valence-corrected chi connectivity index (χ4v) is 2.36. The molecule has 1 unspecified atom stereocenters. The van der Waals surface area contributed by atoms with Crippen LogP contribution in [-0.2, 0) is 4.74 Å². The standard InChI is InChI=1S/C13H16N4O/c1-2-10-9-7-12(14)15-8-11(9)17(16-10)13-5-3-4-6-18-13/h2,7-8,13H,1,3-6H2,(H2,14,15). The number of nitrogens with zero attached hydrogens (tertiary/aromatic N) is 3. The SMILES string of the molecule is C=Cc1nn(C2CCCCO2)c2cnc(N)cc12. The summed E-state index contributed by atoms with van der Waals surface area (Å²) in [5.41, 5.74) is 7.50. The molecule has 2 aromatic rings. The summed E-state index contributed by atoms with van der Waals surface area (Å²) in [4.78, 5) is 4.14. The molecule has 0 aliphatic carbocycles. The summed E-state index contributed by atoms with van der Waals surface area (Å²) in [6.45, 7) is 4.58. The van der Waals surface area contributed by atoms with E-state index in [1.807, 2.05) is 10.7 Å². The molecule has 1 atom stereocenters. The molecule has 1 fully saturated rings. The number of hydrogen-bond acceptors (Lipinski definition) is 4. The minimum absolute atomic E-state index is 0.000347. The number of nitrogens with two attached hydrogens (primary N) is 1. The predicted molar refractivity (Wildman–Crippen MR) is 70.9 cm³/mol. The van der Waals surface area contributed by atoms with Gasteiger partial charge in [0.15, 0.2) is 6.23 Å². The first kappa shape index (κ1) is 11.2. The monoisotopic (exact) mass is 244 g/mol. The van der Waals surface area contributed by atoms with Crippen molar-refractivity contribution in [3.05, 3.63) is 24.5 Å². The quantitative estimate of drug-likeness (QED) is 0.880. The highest BCUT2D eigenvalue weighted by Gasteiger charge is 2.20. The molecule has 18 heavy (non-hydrogen) atoms. The first-order valence-electron chi connectivity index (χ1n) is 6.17. The van der Waals surface area contributed by atoms with Crippen LogP contribution in [0, 0.1) is 0 Å². The Morgan fingerprint density at radius 3 is 3.11 bits per heavy atom. The van der Waals surface area contributed by atoms with Gasteiger partial charge in [-0.2, -0.15) is 5.10 Å². The maximum atomic E-state index is 5.77. The molecule has 5 nitrogen and oxygen atoms in total. The molecule has 0 saturated carbocycles. The lowest BCUT2D eigenvalue weighted by Gasteiger charge is -2.23. The van der Waals surface area contributed by atoms with Crippen molar-refractivity contribution in [1.82, 2.24) is 14.8 Å². The van der Waals surface area contributed by atoms with Crippen LogP contribution in [-0.4, -0.2) is 21.4 Å². The zero-order valence-corrected chi connectivity index (χ0v) is 10.2. The highest BCUT2D eigenvalue weighted by molar-refractivity contribution is 5.88. The normalized spacial score (nSPS) is 20.1. The third-order valence-corrected chi connectivity index (χ3v) is 3.26. The molecule has 0 radical (unpaired) electrons. The second-order valence-electron chi connectivity index (χ2n) is 4.48. The number of fused-ring (bicyclic) bond motifs is 1. The number of pyridine rings is 1. The van der Waals surface area contributed by atoms with E-state index in [2.05, 4.69) is 16.7 Å². The summed E-state index contributed by atoms with van der Waals surface area (Å²) < 4.78 is 7.67. The van der Waals surface area contributed by atoms with E-state index >= 15 is 0 Å². The number of hydrogen-bond donors (Lipinski definition) is 1. The first-order valence-corrected chi connectivity index (χ1v) is 6.17. The molecule has 0 spiro atoms. The fourth-order valence-electron chi connectivity index (χ4n) is 2.36. The number of anilines is 1. The molecular weight excluding hydrogens is 228 g/mol. The van der Waals surface area contributed by atoms with Crippen LogP contribution in [0.1, 0.15) is 31.2 Å². The van der Waals surface area contributed by atoms with Gasteiger partial charge < -0.3 is 10.5 Å². The summed E-state index contributed by atoms with van der Waals surface area (Å²) in [6, 6.07) is 1.83. The van der Waals surface area contributed by atoms with Gasteiger partial charge in [-0.05, 0) is 31.4 Å². The van der Waals surface area contributed by atoms with E-state index in [1.165, 1.54) is 0 Å². The van der Waals surface area contributed by atoms with E-state index in [0.29, 0.717) is 5.82 Å². The molecule has 0 aromatic carbocycles. The average molecular weight is 244 g/mol. The second kappa shape index (κ2) is 4.42. The second-order valence-corrected chi connectivity index (χ2v) is 4.48. The Morgan fingerprint density at radius 1 is 1.50 bits per heavy atom. The lowest BCUT2D eigenvalue weighted by atomic mass is 10.2. The van der Waals surface area contributed by atoms with Crippen LogP contribution in [0.5, 0.6) is 0 Å². The third kappa shape index (κ3) is 1.76. The Hall–Kier alpha value is -1.88. The average Bonchev–Trinajstić information content (AvgIpc) is 2.77. The van der Waals surface area contributed by atoms with Gasteiger partial charge in [0.1, 0.15) is 5.82 Å². The Labute approximate surface area is 105 Å². The molecule has 1 aliphatic heterocycles. The van der Waals surface area contributed by atoms with Crippen LogP contribution in [0.25, 0.3) is 17.0 Å². The van der Waals surface area contributed by atoms with Gasteiger partial charge in [0.25, 0.3) is 0 Å². The smallest absolute Gasteiger partial charge is 0.150 e. The van der Waals surface area contributed by atoms with Crippen molar-refractivity contribution in [3.63, 3.8) is 0 Å². The Balaban J connectivity index is 2.13. The van der Waals surface area contributed by atoms with E-state index < -0.39 is 0 Å². The van der Waals surface area contributed by atoms with Crippen LogP contribution in [0.4, 0.5) is 5.82 Å². The van der Waals surface area contributed by atoms with Gasteiger partial charge in [-0.15, -0.1) is 0 Å². The maximum absolute atomic E-state index is 5.77. The van der Waals surface area contributed by atoms with E-state index in [9.17, 15) is 0 Å². The highest BCUT2D eigenvalue weighted by Crippen LogP contribution is 2.28. The van der Waals surface area contributed by atoms with Crippen molar-refractivity contribution in [2.24, 2.45) is 0 Å². The van der Waals surface area contributed by atoms with Crippen LogP contribution in [0.3, 0.4) is 0 Å². The van der Waals surface area contributed by atoms with Crippen molar-refractivity contribution in [3.8, 4) is 0 Å². The molecule has 3 rings (SSSR count). The third-order valence-electron chi connectivity index (χ3n) is 3.26. The van der Waals surface area contributed by atoms with Gasteiger partial charge in [0, 0.05) is 12.0 Å². The predicted octanol–water partition coefficient (Wildman–Crippen LogP) is 2.36. The van der Waals surface area contributed by atoms with E-state index in [4.69, 9.17) is 10.5 Å². The van der Waals surface area contributed by atoms with Crippen molar-refractivity contribution in [2.75, 3.05) is 12.3 Å². The number of aromatic nitrogens is 3. The van der Waals surface area contributed by atoms with Gasteiger partial charge in [0.2, 0.25) is 0 Å². The minimum atomic E-state index is 0.000347. The van der Waals surface area contributed by atoms with Gasteiger partial charge in [-0.3, -0.25) is 0 Å². The van der Waals surface area contributed by atoms with E-state index in [1.54, 1.807) is 12.3 Å². The zero-order chi connectivity index (χ0) is 12.5.